The number of carbonyl (C=O) groups is 1. The Bertz CT molecular complexity index is 583. The second kappa shape index (κ2) is 9.52. The molecule has 1 saturated carbocycles. The molecule has 1 aliphatic heterocycles. The van der Waals surface area contributed by atoms with Crippen molar-refractivity contribution in [1.82, 2.24) is 15.5 Å². The van der Waals surface area contributed by atoms with E-state index in [0.717, 1.165) is 25.9 Å². The van der Waals surface area contributed by atoms with Crippen LogP contribution in [0.1, 0.15) is 63.0 Å². The summed E-state index contributed by atoms with van der Waals surface area (Å²) in [6.45, 7) is 4.73. The molecule has 2 fully saturated rings. The van der Waals surface area contributed by atoms with Crippen molar-refractivity contribution >= 4 is 5.91 Å². The van der Waals surface area contributed by atoms with E-state index in [1.807, 2.05) is 0 Å². The van der Waals surface area contributed by atoms with Crippen LogP contribution in [0.3, 0.4) is 0 Å². The molecule has 1 aliphatic carbocycles. The lowest BCUT2D eigenvalue weighted by Crippen LogP contribution is -2.42. The monoisotopic (exact) mass is 357 g/mol. The van der Waals surface area contributed by atoms with Gasteiger partial charge in [0.15, 0.2) is 0 Å². The van der Waals surface area contributed by atoms with Gasteiger partial charge < -0.3 is 10.6 Å². The third-order valence-corrected chi connectivity index (χ3v) is 6.18. The maximum Gasteiger partial charge on any atom is 0.223 e. The van der Waals surface area contributed by atoms with Crippen molar-refractivity contribution in [2.45, 2.75) is 77.0 Å². The van der Waals surface area contributed by atoms with Crippen LogP contribution in [0, 0.1) is 5.92 Å². The van der Waals surface area contributed by atoms with Crippen LogP contribution in [0.2, 0.25) is 0 Å². The van der Waals surface area contributed by atoms with Crippen molar-refractivity contribution in [3.63, 3.8) is 0 Å². The molecule has 0 bridgehead atoms. The molecule has 2 atom stereocenters. The number of hydrogen-bond acceptors (Lipinski definition) is 3. The molecule has 4 heteroatoms. The molecule has 0 radical (unpaired) electrons. The van der Waals surface area contributed by atoms with Gasteiger partial charge in [-0.3, -0.25) is 9.69 Å². The first-order chi connectivity index (χ1) is 12.6. The van der Waals surface area contributed by atoms with Crippen LogP contribution in [0.5, 0.6) is 0 Å². The van der Waals surface area contributed by atoms with E-state index in [2.05, 4.69) is 53.8 Å². The summed E-state index contributed by atoms with van der Waals surface area (Å²) in [5, 5.41) is 6.61. The standard InChI is InChI=1S/C22H35N3O/c1-17-14-18(12-13-23-17)22(26)24-15-19-8-6-7-9-20(19)16-25(2)21-10-4-3-5-11-21/h6-9,17-18,21,23H,3-5,10-16H2,1-2H3,(H,24,26)/t17-,18-/m0/s1. The average Bonchev–Trinajstić information content (AvgIpc) is 2.67. The van der Waals surface area contributed by atoms with E-state index in [4.69, 9.17) is 0 Å². The smallest absolute Gasteiger partial charge is 0.223 e. The number of carbonyl (C=O) groups excluding carboxylic acids is 1. The minimum Gasteiger partial charge on any atom is -0.352 e. The summed E-state index contributed by atoms with van der Waals surface area (Å²) in [4.78, 5) is 15.1. The van der Waals surface area contributed by atoms with Crippen LogP contribution in [-0.2, 0) is 17.9 Å². The Kier molecular flexibility index (Phi) is 7.09. The Morgan fingerprint density at radius 3 is 2.62 bits per heavy atom. The van der Waals surface area contributed by atoms with E-state index < -0.39 is 0 Å². The van der Waals surface area contributed by atoms with E-state index in [1.54, 1.807) is 0 Å². The van der Waals surface area contributed by atoms with Gasteiger partial charge in [-0.2, -0.15) is 0 Å². The fraction of sp³-hybridized carbons (Fsp3) is 0.682. The normalized spacial score (nSPS) is 24.6. The number of nitrogens with zero attached hydrogens (tertiary/aromatic N) is 1. The Balaban J connectivity index is 1.55. The predicted octanol–water partition coefficient (Wildman–Crippen LogP) is 3.46. The number of amides is 1. The highest BCUT2D eigenvalue weighted by Crippen LogP contribution is 2.24. The van der Waals surface area contributed by atoms with E-state index in [0.29, 0.717) is 18.6 Å². The van der Waals surface area contributed by atoms with E-state index in [9.17, 15) is 4.79 Å². The van der Waals surface area contributed by atoms with Crippen molar-refractivity contribution in [3.05, 3.63) is 35.4 Å². The molecule has 1 heterocycles. The third kappa shape index (κ3) is 5.31. The first kappa shape index (κ1) is 19.4. The summed E-state index contributed by atoms with van der Waals surface area (Å²) in [6.07, 6.45) is 8.65. The molecule has 0 unspecified atom stereocenters. The minimum atomic E-state index is 0.156. The van der Waals surface area contributed by atoms with Crippen molar-refractivity contribution in [3.8, 4) is 0 Å². The van der Waals surface area contributed by atoms with Crippen LogP contribution in [0.25, 0.3) is 0 Å². The molecule has 0 spiro atoms. The Hall–Kier alpha value is -1.39. The number of piperidine rings is 1. The van der Waals surface area contributed by atoms with Gasteiger partial charge in [0, 0.05) is 31.1 Å². The first-order valence-electron chi connectivity index (χ1n) is 10.4. The summed E-state index contributed by atoms with van der Waals surface area (Å²) in [7, 11) is 2.25. The summed E-state index contributed by atoms with van der Waals surface area (Å²) in [5.41, 5.74) is 2.60. The van der Waals surface area contributed by atoms with Gasteiger partial charge in [-0.25, -0.2) is 0 Å². The summed E-state index contributed by atoms with van der Waals surface area (Å²) in [5.74, 6) is 0.372. The highest BCUT2D eigenvalue weighted by molar-refractivity contribution is 5.78. The molecule has 144 valence electrons. The van der Waals surface area contributed by atoms with Crippen molar-refractivity contribution in [2.75, 3.05) is 13.6 Å². The fourth-order valence-electron chi connectivity index (χ4n) is 4.50. The molecule has 3 rings (SSSR count). The molecule has 0 aromatic heterocycles. The third-order valence-electron chi connectivity index (χ3n) is 6.18. The van der Waals surface area contributed by atoms with Crippen molar-refractivity contribution in [1.29, 1.82) is 0 Å². The lowest BCUT2D eigenvalue weighted by Gasteiger charge is -2.31. The van der Waals surface area contributed by atoms with Gasteiger partial charge in [0.1, 0.15) is 0 Å². The predicted molar refractivity (Wildman–Crippen MR) is 107 cm³/mol. The second-order valence-corrected chi connectivity index (χ2v) is 8.27. The van der Waals surface area contributed by atoms with Crippen molar-refractivity contribution in [2.24, 2.45) is 5.92 Å². The molecule has 2 aliphatic rings. The minimum absolute atomic E-state index is 0.156. The molecular weight excluding hydrogens is 322 g/mol. The maximum absolute atomic E-state index is 12.5. The summed E-state index contributed by atoms with van der Waals surface area (Å²) in [6, 6.07) is 9.73. The highest BCUT2D eigenvalue weighted by atomic mass is 16.1. The number of nitrogens with one attached hydrogen (secondary N) is 2. The van der Waals surface area contributed by atoms with Gasteiger partial charge in [0.25, 0.3) is 0 Å². The topological polar surface area (TPSA) is 44.4 Å². The molecule has 1 amide bonds. The quantitative estimate of drug-likeness (QED) is 0.819. The largest absolute Gasteiger partial charge is 0.352 e. The number of hydrogen-bond donors (Lipinski definition) is 2. The summed E-state index contributed by atoms with van der Waals surface area (Å²) < 4.78 is 0. The molecule has 2 N–H and O–H groups in total. The van der Waals surface area contributed by atoms with Crippen LogP contribution in [0.15, 0.2) is 24.3 Å². The van der Waals surface area contributed by atoms with Gasteiger partial charge >= 0.3 is 0 Å². The van der Waals surface area contributed by atoms with Crippen LogP contribution >= 0.6 is 0 Å². The van der Waals surface area contributed by atoms with Gasteiger partial charge in [-0.1, -0.05) is 43.5 Å². The van der Waals surface area contributed by atoms with Gasteiger partial charge in [0.05, 0.1) is 0 Å². The van der Waals surface area contributed by atoms with Crippen LogP contribution in [0.4, 0.5) is 0 Å². The summed E-state index contributed by atoms with van der Waals surface area (Å²) >= 11 is 0. The van der Waals surface area contributed by atoms with Crippen LogP contribution in [-0.4, -0.2) is 36.5 Å². The molecule has 26 heavy (non-hydrogen) atoms. The van der Waals surface area contributed by atoms with Gasteiger partial charge in [0.2, 0.25) is 5.91 Å². The lowest BCUT2D eigenvalue weighted by molar-refractivity contribution is -0.126. The van der Waals surface area contributed by atoms with E-state index in [1.165, 1.54) is 43.2 Å². The Labute approximate surface area is 158 Å². The van der Waals surface area contributed by atoms with E-state index >= 15 is 0 Å². The Morgan fingerprint density at radius 2 is 1.88 bits per heavy atom. The van der Waals surface area contributed by atoms with Crippen molar-refractivity contribution < 1.29 is 4.79 Å². The van der Waals surface area contributed by atoms with E-state index in [-0.39, 0.29) is 11.8 Å². The molecule has 1 aromatic carbocycles. The number of rotatable bonds is 6. The molecule has 4 nitrogen and oxygen atoms in total. The van der Waals surface area contributed by atoms with Gasteiger partial charge in [-0.15, -0.1) is 0 Å². The average molecular weight is 358 g/mol. The molecule has 1 saturated heterocycles. The zero-order chi connectivity index (χ0) is 18.4. The van der Waals surface area contributed by atoms with Gasteiger partial charge in [-0.05, 0) is 57.3 Å². The number of benzene rings is 1. The van der Waals surface area contributed by atoms with Crippen LogP contribution < -0.4 is 10.6 Å². The SMILES string of the molecule is C[C@H]1C[C@@H](C(=O)NCc2ccccc2CN(C)C2CCCCC2)CCN1. The highest BCUT2D eigenvalue weighted by Gasteiger charge is 2.24. The maximum atomic E-state index is 12.5. The molecular formula is C22H35N3O. The Morgan fingerprint density at radius 1 is 1.15 bits per heavy atom. The molecule has 1 aromatic rings. The second-order valence-electron chi connectivity index (χ2n) is 8.27. The fourth-order valence-corrected chi connectivity index (χ4v) is 4.50. The zero-order valence-corrected chi connectivity index (χ0v) is 16.5. The lowest BCUT2D eigenvalue weighted by atomic mass is 9.92. The zero-order valence-electron chi connectivity index (χ0n) is 16.5. The first-order valence-corrected chi connectivity index (χ1v) is 10.4.